The van der Waals surface area contributed by atoms with Gasteiger partial charge in [0, 0.05) is 19.6 Å². The molecule has 1 atom stereocenters. The number of nitrogens with one attached hydrogen (secondary N) is 1. The van der Waals surface area contributed by atoms with Crippen molar-refractivity contribution in [3.8, 4) is 0 Å². The number of pyridine rings is 1. The molecular formula is C33H37F3N4O4. The summed E-state index contributed by atoms with van der Waals surface area (Å²) >= 11 is 0. The number of amides is 2. The summed E-state index contributed by atoms with van der Waals surface area (Å²) in [6, 6.07) is 9.48. The van der Waals surface area contributed by atoms with Crippen LogP contribution < -0.4 is 16.0 Å². The van der Waals surface area contributed by atoms with Gasteiger partial charge >= 0.3 is 5.97 Å². The van der Waals surface area contributed by atoms with E-state index in [0.29, 0.717) is 54.9 Å². The van der Waals surface area contributed by atoms with Gasteiger partial charge in [-0.3, -0.25) is 14.6 Å². The lowest BCUT2D eigenvalue weighted by atomic mass is 9.94. The van der Waals surface area contributed by atoms with Crippen LogP contribution in [0.1, 0.15) is 70.4 Å². The van der Waals surface area contributed by atoms with E-state index in [1.807, 2.05) is 13.8 Å². The molecule has 0 bridgehead atoms. The molecule has 8 nitrogen and oxygen atoms in total. The van der Waals surface area contributed by atoms with Gasteiger partial charge in [-0.25, -0.2) is 18.0 Å². The molecule has 2 heterocycles. The van der Waals surface area contributed by atoms with Gasteiger partial charge in [-0.15, -0.1) is 0 Å². The predicted molar refractivity (Wildman–Crippen MR) is 160 cm³/mol. The summed E-state index contributed by atoms with van der Waals surface area (Å²) < 4.78 is 45.9. The van der Waals surface area contributed by atoms with Gasteiger partial charge < -0.3 is 20.7 Å². The normalized spacial score (nSPS) is 14.6. The van der Waals surface area contributed by atoms with E-state index in [-0.39, 0.29) is 48.5 Å². The van der Waals surface area contributed by atoms with Crippen molar-refractivity contribution in [2.24, 2.45) is 17.6 Å². The maximum atomic E-state index is 13.6. The third-order valence-corrected chi connectivity index (χ3v) is 7.54. The minimum Gasteiger partial charge on any atom is -0.462 e. The van der Waals surface area contributed by atoms with E-state index < -0.39 is 29.4 Å². The molecule has 1 aliphatic heterocycles. The second kappa shape index (κ2) is 14.4. The average Bonchev–Trinajstić information content (AvgIpc) is 3.47. The number of benzene rings is 2. The van der Waals surface area contributed by atoms with Gasteiger partial charge in [0.15, 0.2) is 11.6 Å². The highest BCUT2D eigenvalue weighted by Gasteiger charge is 2.36. The zero-order valence-corrected chi connectivity index (χ0v) is 25.1. The Morgan fingerprint density at radius 1 is 1.00 bits per heavy atom. The second-order valence-corrected chi connectivity index (χ2v) is 11.3. The molecule has 234 valence electrons. The van der Waals surface area contributed by atoms with Gasteiger partial charge in [0.2, 0.25) is 5.91 Å². The van der Waals surface area contributed by atoms with Gasteiger partial charge in [0.05, 0.1) is 35.2 Å². The molecule has 2 amide bonds. The van der Waals surface area contributed by atoms with Crippen LogP contribution in [0.5, 0.6) is 0 Å². The maximum absolute atomic E-state index is 13.6. The first-order valence-electron chi connectivity index (χ1n) is 14.7. The van der Waals surface area contributed by atoms with Crippen molar-refractivity contribution >= 4 is 23.5 Å². The van der Waals surface area contributed by atoms with Crippen molar-refractivity contribution in [3.05, 3.63) is 93.6 Å². The van der Waals surface area contributed by atoms with Crippen LogP contribution in [0.15, 0.2) is 42.5 Å². The molecule has 4 rings (SSSR count). The summed E-state index contributed by atoms with van der Waals surface area (Å²) in [4.78, 5) is 46.2. The van der Waals surface area contributed by atoms with Crippen LogP contribution >= 0.6 is 0 Å². The van der Waals surface area contributed by atoms with Gasteiger partial charge in [-0.1, -0.05) is 32.0 Å². The zero-order valence-electron chi connectivity index (χ0n) is 25.1. The lowest BCUT2D eigenvalue weighted by Crippen LogP contribution is -2.34. The van der Waals surface area contributed by atoms with E-state index in [2.05, 4.69) is 5.32 Å². The summed E-state index contributed by atoms with van der Waals surface area (Å²) in [6.45, 7) is 6.25. The van der Waals surface area contributed by atoms with Gasteiger partial charge in [0.1, 0.15) is 11.4 Å². The van der Waals surface area contributed by atoms with Crippen LogP contribution in [0.4, 0.5) is 18.9 Å². The van der Waals surface area contributed by atoms with E-state index in [1.165, 1.54) is 18.2 Å². The topological polar surface area (TPSA) is 115 Å². The first-order chi connectivity index (χ1) is 21.0. The minimum atomic E-state index is -1.00. The summed E-state index contributed by atoms with van der Waals surface area (Å²) in [5, 5.41) is 2.77. The number of hydrogen-bond donors (Lipinski definition) is 2. The largest absolute Gasteiger partial charge is 0.462 e. The number of anilines is 1. The average molecular weight is 611 g/mol. The molecule has 3 N–H and O–H groups in total. The lowest BCUT2D eigenvalue weighted by molar-refractivity contribution is -0.124. The third-order valence-electron chi connectivity index (χ3n) is 7.54. The Kier molecular flexibility index (Phi) is 10.6. The van der Waals surface area contributed by atoms with Crippen molar-refractivity contribution in [2.75, 3.05) is 24.6 Å². The van der Waals surface area contributed by atoms with Crippen molar-refractivity contribution in [3.63, 3.8) is 0 Å². The second-order valence-electron chi connectivity index (χ2n) is 11.3. The quantitative estimate of drug-likeness (QED) is 0.282. The number of esters is 1. The molecule has 1 saturated heterocycles. The number of halogens is 3. The fourth-order valence-electron chi connectivity index (χ4n) is 5.46. The van der Waals surface area contributed by atoms with Gasteiger partial charge in [-0.2, -0.15) is 0 Å². The van der Waals surface area contributed by atoms with Crippen LogP contribution in [-0.2, 0) is 35.3 Å². The van der Waals surface area contributed by atoms with Gasteiger partial charge in [0.25, 0.3) is 5.91 Å². The molecule has 0 spiro atoms. The van der Waals surface area contributed by atoms with E-state index in [4.69, 9.17) is 15.5 Å². The summed E-state index contributed by atoms with van der Waals surface area (Å²) in [6.07, 6.45) is 1.59. The lowest BCUT2D eigenvalue weighted by Gasteiger charge is -2.27. The number of hydrogen-bond acceptors (Lipinski definition) is 6. The number of rotatable bonds is 12. The third kappa shape index (κ3) is 7.75. The van der Waals surface area contributed by atoms with Crippen LogP contribution in [0.25, 0.3) is 0 Å². The molecule has 44 heavy (non-hydrogen) atoms. The summed E-state index contributed by atoms with van der Waals surface area (Å²) in [7, 11) is 0. The fourth-order valence-corrected chi connectivity index (χ4v) is 5.46. The van der Waals surface area contributed by atoms with E-state index in [0.717, 1.165) is 17.7 Å². The van der Waals surface area contributed by atoms with Crippen LogP contribution in [-0.4, -0.2) is 42.5 Å². The van der Waals surface area contributed by atoms with Crippen molar-refractivity contribution in [1.29, 1.82) is 0 Å². The number of ether oxygens (including phenoxy) is 1. The number of primary amides is 1. The highest BCUT2D eigenvalue weighted by Crippen LogP contribution is 2.36. The highest BCUT2D eigenvalue weighted by atomic mass is 19.2. The first-order valence-corrected chi connectivity index (χ1v) is 14.7. The number of aromatic nitrogens is 1. The SMILES string of the molecule is CCOC(=O)c1c(CCc2ccc(F)cc2)nc(CC(C)C)c(C(N)=O)c1N1CCC(C(=O)NCc2ccc(F)c(F)c2)C1. The molecule has 1 aromatic heterocycles. The number of nitrogens with two attached hydrogens (primary N) is 1. The van der Waals surface area contributed by atoms with Crippen LogP contribution in [0.2, 0.25) is 0 Å². The van der Waals surface area contributed by atoms with Gasteiger partial charge in [-0.05, 0) is 73.9 Å². The number of nitrogens with zero attached hydrogens (tertiary/aromatic N) is 2. The number of carbonyl (C=O) groups excluding carboxylic acids is 3. The molecular weight excluding hydrogens is 573 g/mol. The predicted octanol–water partition coefficient (Wildman–Crippen LogP) is 4.90. The molecule has 1 fully saturated rings. The van der Waals surface area contributed by atoms with Crippen LogP contribution in [0.3, 0.4) is 0 Å². The molecule has 11 heteroatoms. The Morgan fingerprint density at radius 2 is 1.70 bits per heavy atom. The number of carbonyl (C=O) groups is 3. The molecule has 2 aromatic carbocycles. The Morgan fingerprint density at radius 3 is 2.34 bits per heavy atom. The van der Waals surface area contributed by atoms with Crippen molar-refractivity contribution in [1.82, 2.24) is 10.3 Å². The standard InChI is InChI=1S/C33H37F3N4O4/c1-4-44-33(43)29-26(12-8-20-5-9-23(34)10-6-20)39-27(15-19(2)3)28(31(37)41)30(29)40-14-13-22(18-40)32(42)38-17-21-7-11-24(35)25(36)16-21/h5-7,9-11,16,19,22H,4,8,12-15,17-18H2,1-3H3,(H2,37,41)(H,38,42). The van der Waals surface area contributed by atoms with E-state index in [1.54, 1.807) is 24.0 Å². The fraction of sp³-hybridized carbons (Fsp3) is 0.394. The van der Waals surface area contributed by atoms with Crippen molar-refractivity contribution in [2.45, 2.75) is 53.0 Å². The summed E-state index contributed by atoms with van der Waals surface area (Å²) in [5.41, 5.74) is 8.60. The monoisotopic (exact) mass is 610 g/mol. The minimum absolute atomic E-state index is 0.00841. The molecule has 3 aromatic rings. The first kappa shape index (κ1) is 32.5. The highest BCUT2D eigenvalue weighted by molar-refractivity contribution is 6.07. The summed E-state index contributed by atoms with van der Waals surface area (Å²) in [5.74, 6) is -4.44. The maximum Gasteiger partial charge on any atom is 0.342 e. The Hall–Kier alpha value is -4.41. The molecule has 0 saturated carbocycles. The molecule has 0 aliphatic carbocycles. The van der Waals surface area contributed by atoms with E-state index in [9.17, 15) is 27.6 Å². The smallest absolute Gasteiger partial charge is 0.342 e. The Bertz CT molecular complexity index is 1530. The van der Waals surface area contributed by atoms with E-state index >= 15 is 0 Å². The Labute approximate surface area is 254 Å². The van der Waals surface area contributed by atoms with Crippen LogP contribution in [0, 0.1) is 29.3 Å². The molecule has 1 unspecified atom stereocenters. The molecule has 1 aliphatic rings. The zero-order chi connectivity index (χ0) is 32.0. The number of aryl methyl sites for hydroxylation is 2. The van der Waals surface area contributed by atoms with Crippen molar-refractivity contribution < 1.29 is 32.3 Å². The Balaban J connectivity index is 1.70. The molecule has 0 radical (unpaired) electrons.